The molecule has 0 spiro atoms. The van der Waals surface area contributed by atoms with Crippen molar-refractivity contribution in [2.24, 2.45) is 0 Å². The molecule has 0 aliphatic carbocycles. The van der Waals surface area contributed by atoms with Gasteiger partial charge in [0.1, 0.15) is 5.75 Å². The maximum Gasteiger partial charge on any atom is 0.199 e. The fourth-order valence-electron chi connectivity index (χ4n) is 2.74. The third-order valence-electron chi connectivity index (χ3n) is 4.43. The molecule has 0 aliphatic rings. The summed E-state index contributed by atoms with van der Waals surface area (Å²) in [4.78, 5) is 0. The van der Waals surface area contributed by atoms with E-state index in [4.69, 9.17) is 9.47 Å². The number of ether oxygens (including phenoxy) is 2. The van der Waals surface area contributed by atoms with Crippen LogP contribution < -0.4 is 4.74 Å². The molecule has 2 nitrogen and oxygen atoms in total. The first kappa shape index (κ1) is 17.8. The average Bonchev–Trinajstić information content (AvgIpc) is 2.58. The highest BCUT2D eigenvalue weighted by Gasteiger charge is 2.10. The standard InChI is InChI=1S/C21H30O2/c1-5-8-9-21(22-7-3)23-20-13-12-18-14-17(16(4)6-2)10-11-19(18)15-20/h10-16,21H,5-9H2,1-4H3. The molecule has 23 heavy (non-hydrogen) atoms. The van der Waals surface area contributed by atoms with Gasteiger partial charge in [0.2, 0.25) is 0 Å². The lowest BCUT2D eigenvalue weighted by Crippen LogP contribution is -2.20. The molecule has 0 radical (unpaired) electrons. The van der Waals surface area contributed by atoms with E-state index >= 15 is 0 Å². The van der Waals surface area contributed by atoms with Crippen LogP contribution in [-0.4, -0.2) is 12.9 Å². The van der Waals surface area contributed by atoms with Crippen molar-refractivity contribution in [1.29, 1.82) is 0 Å². The number of rotatable bonds is 9. The second-order valence-corrected chi connectivity index (χ2v) is 6.22. The quantitative estimate of drug-likeness (QED) is 0.507. The van der Waals surface area contributed by atoms with E-state index in [0.717, 1.165) is 25.0 Å². The van der Waals surface area contributed by atoms with E-state index < -0.39 is 0 Å². The summed E-state index contributed by atoms with van der Waals surface area (Å²) in [6.07, 6.45) is 4.24. The number of hydrogen-bond donors (Lipinski definition) is 0. The van der Waals surface area contributed by atoms with Gasteiger partial charge in [-0.25, -0.2) is 0 Å². The molecular formula is C21H30O2. The van der Waals surface area contributed by atoms with Gasteiger partial charge in [-0.3, -0.25) is 0 Å². The predicted octanol–water partition coefficient (Wildman–Crippen LogP) is 6.28. The molecule has 0 saturated carbocycles. The van der Waals surface area contributed by atoms with Gasteiger partial charge in [-0.1, -0.05) is 51.5 Å². The highest BCUT2D eigenvalue weighted by Crippen LogP contribution is 2.27. The topological polar surface area (TPSA) is 18.5 Å². The van der Waals surface area contributed by atoms with Crippen LogP contribution in [0, 0.1) is 0 Å². The minimum atomic E-state index is -0.142. The van der Waals surface area contributed by atoms with Crippen molar-refractivity contribution in [2.75, 3.05) is 6.61 Å². The Labute approximate surface area is 140 Å². The molecule has 0 aliphatic heterocycles. The fourth-order valence-corrected chi connectivity index (χ4v) is 2.74. The van der Waals surface area contributed by atoms with Crippen LogP contribution in [0.4, 0.5) is 0 Å². The number of unbranched alkanes of at least 4 members (excludes halogenated alkanes) is 1. The van der Waals surface area contributed by atoms with Crippen LogP contribution in [0.3, 0.4) is 0 Å². The van der Waals surface area contributed by atoms with E-state index in [-0.39, 0.29) is 6.29 Å². The van der Waals surface area contributed by atoms with Gasteiger partial charge in [-0.2, -0.15) is 0 Å². The summed E-state index contributed by atoms with van der Waals surface area (Å²) in [5, 5.41) is 2.50. The molecule has 0 amide bonds. The van der Waals surface area contributed by atoms with Crippen molar-refractivity contribution in [2.45, 2.75) is 65.6 Å². The molecule has 0 saturated heterocycles. The smallest absolute Gasteiger partial charge is 0.199 e. The zero-order valence-electron chi connectivity index (χ0n) is 15.0. The summed E-state index contributed by atoms with van der Waals surface area (Å²) >= 11 is 0. The molecule has 126 valence electrons. The van der Waals surface area contributed by atoms with E-state index in [1.807, 2.05) is 6.92 Å². The summed E-state index contributed by atoms with van der Waals surface area (Å²) in [7, 11) is 0. The normalized spacial score (nSPS) is 13.9. The van der Waals surface area contributed by atoms with Crippen molar-refractivity contribution in [3.63, 3.8) is 0 Å². The molecule has 2 rings (SSSR count). The largest absolute Gasteiger partial charge is 0.465 e. The Hall–Kier alpha value is -1.54. The molecule has 2 atom stereocenters. The number of benzene rings is 2. The van der Waals surface area contributed by atoms with E-state index in [1.165, 1.54) is 22.8 Å². The van der Waals surface area contributed by atoms with Gasteiger partial charge in [0.25, 0.3) is 0 Å². The van der Waals surface area contributed by atoms with E-state index in [2.05, 4.69) is 57.2 Å². The first-order chi connectivity index (χ1) is 11.2. The second kappa shape index (κ2) is 8.93. The Kier molecular flexibility index (Phi) is 6.91. The van der Waals surface area contributed by atoms with E-state index in [1.54, 1.807) is 0 Å². The number of hydrogen-bond acceptors (Lipinski definition) is 2. The molecule has 0 N–H and O–H groups in total. The first-order valence-corrected chi connectivity index (χ1v) is 8.99. The van der Waals surface area contributed by atoms with Crippen LogP contribution in [0.1, 0.15) is 64.9 Å². The lowest BCUT2D eigenvalue weighted by atomic mass is 9.96. The average molecular weight is 314 g/mol. The molecule has 2 aromatic carbocycles. The number of fused-ring (bicyclic) bond motifs is 1. The van der Waals surface area contributed by atoms with Crippen molar-refractivity contribution >= 4 is 10.8 Å². The monoisotopic (exact) mass is 314 g/mol. The van der Waals surface area contributed by atoms with Crippen LogP contribution in [0.15, 0.2) is 36.4 Å². The Morgan fingerprint density at radius 2 is 1.70 bits per heavy atom. The fraction of sp³-hybridized carbons (Fsp3) is 0.524. The SMILES string of the molecule is CCCCC(OCC)Oc1ccc2cc(C(C)CC)ccc2c1. The Morgan fingerprint density at radius 3 is 2.39 bits per heavy atom. The van der Waals surface area contributed by atoms with Gasteiger partial charge >= 0.3 is 0 Å². The van der Waals surface area contributed by atoms with Crippen LogP contribution in [-0.2, 0) is 4.74 Å². The van der Waals surface area contributed by atoms with E-state index in [9.17, 15) is 0 Å². The highest BCUT2D eigenvalue weighted by atomic mass is 16.7. The molecular weight excluding hydrogens is 284 g/mol. The van der Waals surface area contributed by atoms with Gasteiger partial charge in [0.05, 0.1) is 0 Å². The van der Waals surface area contributed by atoms with Crippen LogP contribution in [0.25, 0.3) is 10.8 Å². The highest BCUT2D eigenvalue weighted by molar-refractivity contribution is 5.84. The third-order valence-corrected chi connectivity index (χ3v) is 4.43. The van der Waals surface area contributed by atoms with Gasteiger partial charge in [-0.05, 0) is 54.2 Å². The van der Waals surface area contributed by atoms with Gasteiger partial charge in [0, 0.05) is 13.0 Å². The summed E-state index contributed by atoms with van der Waals surface area (Å²) in [5.41, 5.74) is 1.41. The van der Waals surface area contributed by atoms with Crippen LogP contribution >= 0.6 is 0 Å². The van der Waals surface area contributed by atoms with Crippen molar-refractivity contribution in [3.05, 3.63) is 42.0 Å². The lowest BCUT2D eigenvalue weighted by molar-refractivity contribution is -0.0805. The molecule has 2 unspecified atom stereocenters. The van der Waals surface area contributed by atoms with Gasteiger partial charge in [-0.15, -0.1) is 0 Å². The van der Waals surface area contributed by atoms with Gasteiger partial charge < -0.3 is 9.47 Å². The predicted molar refractivity (Wildman–Crippen MR) is 98.2 cm³/mol. The second-order valence-electron chi connectivity index (χ2n) is 6.22. The summed E-state index contributed by atoms with van der Waals surface area (Å²) in [5.74, 6) is 1.50. The van der Waals surface area contributed by atoms with E-state index in [0.29, 0.717) is 12.5 Å². The third kappa shape index (κ3) is 4.97. The summed E-state index contributed by atoms with van der Waals surface area (Å²) in [6.45, 7) is 9.39. The molecule has 0 bridgehead atoms. The minimum absolute atomic E-state index is 0.142. The zero-order chi connectivity index (χ0) is 16.7. The van der Waals surface area contributed by atoms with Crippen molar-refractivity contribution in [3.8, 4) is 5.75 Å². The lowest BCUT2D eigenvalue weighted by Gasteiger charge is -2.19. The maximum atomic E-state index is 6.04. The molecule has 0 fully saturated rings. The summed E-state index contributed by atoms with van der Waals surface area (Å²) < 4.78 is 11.7. The van der Waals surface area contributed by atoms with Crippen molar-refractivity contribution in [1.82, 2.24) is 0 Å². The molecule has 2 aromatic rings. The van der Waals surface area contributed by atoms with Gasteiger partial charge in [0.15, 0.2) is 6.29 Å². The first-order valence-electron chi connectivity index (χ1n) is 8.99. The maximum absolute atomic E-state index is 6.04. The molecule has 0 heterocycles. The Bertz CT molecular complexity index is 606. The summed E-state index contributed by atoms with van der Waals surface area (Å²) in [6, 6.07) is 13.1. The minimum Gasteiger partial charge on any atom is -0.465 e. The molecule has 2 heteroatoms. The van der Waals surface area contributed by atoms with Crippen molar-refractivity contribution < 1.29 is 9.47 Å². The Balaban J connectivity index is 2.15. The molecule has 0 aromatic heterocycles. The Morgan fingerprint density at radius 1 is 0.957 bits per heavy atom. The van der Waals surface area contributed by atoms with Crippen LogP contribution in [0.5, 0.6) is 5.75 Å². The van der Waals surface area contributed by atoms with Crippen LogP contribution in [0.2, 0.25) is 0 Å². The zero-order valence-corrected chi connectivity index (χ0v) is 15.0.